The van der Waals surface area contributed by atoms with Gasteiger partial charge < -0.3 is 15.4 Å². The molecule has 1 aromatic carbocycles. The normalized spacial score (nSPS) is 11.2. The van der Waals surface area contributed by atoms with Gasteiger partial charge in [0, 0.05) is 10.1 Å². The third kappa shape index (κ3) is 5.84. The van der Waals surface area contributed by atoms with Gasteiger partial charge in [-0.05, 0) is 41.6 Å². The number of benzene rings is 1. The molecular formula is C15H17IN2O4. The lowest BCUT2D eigenvalue weighted by Crippen LogP contribution is -2.38. The Kier molecular flexibility index (Phi) is 7.58. The molecule has 6 nitrogen and oxygen atoms in total. The molecule has 1 aromatic rings. The number of hydrogen-bond donors (Lipinski definition) is 2. The van der Waals surface area contributed by atoms with Gasteiger partial charge in [0.05, 0.1) is 5.56 Å². The Balaban J connectivity index is 2.43. The highest BCUT2D eigenvalue weighted by molar-refractivity contribution is 14.1. The minimum Gasteiger partial charge on any atom is -0.451 e. The van der Waals surface area contributed by atoms with E-state index in [2.05, 4.69) is 17.2 Å². The average Bonchev–Trinajstić information content (AvgIpc) is 2.50. The van der Waals surface area contributed by atoms with Crippen molar-refractivity contribution in [2.24, 2.45) is 0 Å². The van der Waals surface area contributed by atoms with Gasteiger partial charge in [-0.25, -0.2) is 0 Å². The molecule has 2 N–H and O–H groups in total. The third-order valence-corrected chi connectivity index (χ3v) is 3.55. The molecule has 0 aromatic heterocycles. The van der Waals surface area contributed by atoms with Crippen LogP contribution in [0, 0.1) is 3.57 Å². The lowest BCUT2D eigenvalue weighted by atomic mass is 10.2. The summed E-state index contributed by atoms with van der Waals surface area (Å²) in [6, 6.07) is 7.01. The largest absolute Gasteiger partial charge is 0.451 e. The van der Waals surface area contributed by atoms with Gasteiger partial charge in [0.2, 0.25) is 0 Å². The maximum atomic E-state index is 11.9. The van der Waals surface area contributed by atoms with Crippen molar-refractivity contribution in [3.05, 3.63) is 46.1 Å². The standard InChI is InChI=1S/C15H17IN2O4/c1-3-8-17-14(20)10(2)22-13(19)9-18-15(21)11-6-4-5-7-12(11)16/h3-7,10H,1,8-9H2,2H3,(H,17,20)(H,18,21)/t10-/m1/s1. The lowest BCUT2D eigenvalue weighted by Gasteiger charge is -2.13. The number of esters is 1. The molecule has 1 atom stereocenters. The molecule has 0 aliphatic carbocycles. The number of ether oxygens (including phenoxy) is 1. The van der Waals surface area contributed by atoms with Gasteiger partial charge >= 0.3 is 5.97 Å². The number of amides is 2. The van der Waals surface area contributed by atoms with E-state index in [-0.39, 0.29) is 12.5 Å². The van der Waals surface area contributed by atoms with Crippen molar-refractivity contribution in [1.29, 1.82) is 0 Å². The average molecular weight is 416 g/mol. The Bertz CT molecular complexity index is 574. The Hall–Kier alpha value is -1.90. The molecule has 0 fully saturated rings. The molecule has 0 bridgehead atoms. The van der Waals surface area contributed by atoms with Crippen molar-refractivity contribution in [2.45, 2.75) is 13.0 Å². The Labute approximate surface area is 142 Å². The molecule has 0 saturated carbocycles. The zero-order valence-corrected chi connectivity index (χ0v) is 14.3. The quantitative estimate of drug-likeness (QED) is 0.398. The zero-order valence-electron chi connectivity index (χ0n) is 12.1. The van der Waals surface area contributed by atoms with Crippen molar-refractivity contribution < 1.29 is 19.1 Å². The van der Waals surface area contributed by atoms with E-state index in [1.165, 1.54) is 13.0 Å². The Morgan fingerprint density at radius 1 is 1.32 bits per heavy atom. The van der Waals surface area contributed by atoms with Crippen LogP contribution in [0.3, 0.4) is 0 Å². The molecule has 118 valence electrons. The van der Waals surface area contributed by atoms with Gasteiger partial charge in [0.15, 0.2) is 6.10 Å². The number of rotatable bonds is 7. The van der Waals surface area contributed by atoms with E-state index in [1.54, 1.807) is 18.2 Å². The first kappa shape index (κ1) is 18.1. The van der Waals surface area contributed by atoms with E-state index in [9.17, 15) is 14.4 Å². The Morgan fingerprint density at radius 3 is 2.64 bits per heavy atom. The van der Waals surface area contributed by atoms with Gasteiger partial charge in [0.25, 0.3) is 11.8 Å². The lowest BCUT2D eigenvalue weighted by molar-refractivity contribution is -0.153. The molecule has 0 aliphatic heterocycles. The molecular weight excluding hydrogens is 399 g/mol. The molecule has 1 rings (SSSR count). The van der Waals surface area contributed by atoms with Crippen LogP contribution in [-0.2, 0) is 14.3 Å². The van der Waals surface area contributed by atoms with Gasteiger partial charge in [0.1, 0.15) is 6.54 Å². The van der Waals surface area contributed by atoms with Crippen LogP contribution < -0.4 is 10.6 Å². The Morgan fingerprint density at radius 2 is 2.00 bits per heavy atom. The van der Waals surface area contributed by atoms with Gasteiger partial charge in [-0.3, -0.25) is 14.4 Å². The van der Waals surface area contributed by atoms with Crippen LogP contribution >= 0.6 is 22.6 Å². The highest BCUT2D eigenvalue weighted by atomic mass is 127. The molecule has 0 heterocycles. The summed E-state index contributed by atoms with van der Waals surface area (Å²) in [7, 11) is 0. The SMILES string of the molecule is C=CCNC(=O)[C@@H](C)OC(=O)CNC(=O)c1ccccc1I. The summed E-state index contributed by atoms with van der Waals surface area (Å²) in [5.41, 5.74) is 0.479. The van der Waals surface area contributed by atoms with Crippen LogP contribution in [-0.4, -0.2) is 37.0 Å². The fraction of sp³-hybridized carbons (Fsp3) is 0.267. The second-order valence-corrected chi connectivity index (χ2v) is 5.49. The smallest absolute Gasteiger partial charge is 0.326 e. The number of nitrogens with one attached hydrogen (secondary N) is 2. The van der Waals surface area contributed by atoms with Gasteiger partial charge in [-0.2, -0.15) is 0 Å². The molecule has 0 saturated heterocycles. The maximum absolute atomic E-state index is 11.9. The summed E-state index contributed by atoms with van der Waals surface area (Å²) in [4.78, 5) is 35.0. The van der Waals surface area contributed by atoms with Crippen molar-refractivity contribution in [3.63, 3.8) is 0 Å². The number of hydrogen-bond acceptors (Lipinski definition) is 4. The molecule has 7 heteroatoms. The minimum atomic E-state index is -0.929. The number of carbonyl (C=O) groups is 3. The van der Waals surface area contributed by atoms with Crippen molar-refractivity contribution in [3.8, 4) is 0 Å². The van der Waals surface area contributed by atoms with E-state index in [0.717, 1.165) is 3.57 Å². The van der Waals surface area contributed by atoms with Crippen molar-refractivity contribution >= 4 is 40.4 Å². The third-order valence-electron chi connectivity index (χ3n) is 2.61. The predicted molar refractivity (Wildman–Crippen MR) is 90.3 cm³/mol. The van der Waals surface area contributed by atoms with Gasteiger partial charge in [-0.15, -0.1) is 6.58 Å². The highest BCUT2D eigenvalue weighted by Crippen LogP contribution is 2.10. The molecule has 22 heavy (non-hydrogen) atoms. The first-order valence-electron chi connectivity index (χ1n) is 6.56. The summed E-state index contributed by atoms with van der Waals surface area (Å²) in [5.74, 6) is -1.47. The maximum Gasteiger partial charge on any atom is 0.326 e. The second kappa shape index (κ2) is 9.19. The zero-order chi connectivity index (χ0) is 16.5. The van der Waals surface area contributed by atoms with E-state index in [0.29, 0.717) is 12.1 Å². The summed E-state index contributed by atoms with van der Waals surface area (Å²) >= 11 is 2.04. The summed E-state index contributed by atoms with van der Waals surface area (Å²) < 4.78 is 5.70. The molecule has 2 amide bonds. The molecule has 0 aliphatic rings. The van der Waals surface area contributed by atoms with Crippen LogP contribution in [0.25, 0.3) is 0 Å². The van der Waals surface area contributed by atoms with E-state index in [1.807, 2.05) is 28.7 Å². The fourth-order valence-electron chi connectivity index (χ4n) is 1.50. The number of halogens is 1. The summed E-state index contributed by atoms with van der Waals surface area (Å²) in [6.07, 6.45) is 0.593. The monoisotopic (exact) mass is 416 g/mol. The minimum absolute atomic E-state index is 0.296. The molecule has 0 spiro atoms. The van der Waals surface area contributed by atoms with E-state index in [4.69, 9.17) is 4.74 Å². The number of carbonyl (C=O) groups excluding carboxylic acids is 3. The summed E-state index contributed by atoms with van der Waals surface area (Å²) in [5, 5.41) is 4.97. The molecule has 0 unspecified atom stereocenters. The van der Waals surface area contributed by atoms with E-state index >= 15 is 0 Å². The van der Waals surface area contributed by atoms with Crippen LogP contribution in [0.15, 0.2) is 36.9 Å². The van der Waals surface area contributed by atoms with Crippen molar-refractivity contribution in [1.82, 2.24) is 10.6 Å². The topological polar surface area (TPSA) is 84.5 Å². The van der Waals surface area contributed by atoms with E-state index < -0.39 is 18.0 Å². The first-order chi connectivity index (χ1) is 10.5. The first-order valence-corrected chi connectivity index (χ1v) is 7.64. The predicted octanol–water partition coefficient (Wildman–Crippen LogP) is 1.25. The van der Waals surface area contributed by atoms with Crippen LogP contribution in [0.5, 0.6) is 0 Å². The molecule has 0 radical (unpaired) electrons. The van der Waals surface area contributed by atoms with Crippen LogP contribution in [0.1, 0.15) is 17.3 Å². The van der Waals surface area contributed by atoms with Crippen LogP contribution in [0.2, 0.25) is 0 Å². The second-order valence-electron chi connectivity index (χ2n) is 4.33. The van der Waals surface area contributed by atoms with Gasteiger partial charge in [-0.1, -0.05) is 18.2 Å². The fourth-order valence-corrected chi connectivity index (χ4v) is 2.13. The summed E-state index contributed by atoms with van der Waals surface area (Å²) in [6.45, 7) is 4.92. The highest BCUT2D eigenvalue weighted by Gasteiger charge is 2.18. The van der Waals surface area contributed by atoms with Crippen LogP contribution in [0.4, 0.5) is 0 Å². The van der Waals surface area contributed by atoms with Crippen molar-refractivity contribution in [2.75, 3.05) is 13.1 Å².